The summed E-state index contributed by atoms with van der Waals surface area (Å²) in [6.07, 6.45) is 8.22. The fourth-order valence-electron chi connectivity index (χ4n) is 2.92. The number of aromatic nitrogens is 2. The number of halogens is 1. The van der Waals surface area contributed by atoms with Crippen LogP contribution in [0.4, 0.5) is 10.1 Å². The van der Waals surface area contributed by atoms with E-state index in [1.165, 1.54) is 22.9 Å². The van der Waals surface area contributed by atoms with E-state index in [1.807, 2.05) is 10.8 Å². The van der Waals surface area contributed by atoms with Crippen molar-refractivity contribution in [3.8, 4) is 18.0 Å². The van der Waals surface area contributed by atoms with Gasteiger partial charge in [0.25, 0.3) is 21.8 Å². The summed E-state index contributed by atoms with van der Waals surface area (Å²) in [6.45, 7) is 2.51. The lowest BCUT2D eigenvalue weighted by Gasteiger charge is -2.11. The number of aryl methyl sites for hydroxylation is 1. The molecule has 0 aliphatic carbocycles. The van der Waals surface area contributed by atoms with E-state index < -0.39 is 32.6 Å². The standard InChI is InChI=1S/C22H21FN6O4S/c1-3-21(30)25-9-8-24-17-13-26-29(14-17)18-11-15(2)10-16(12-18)22(31)27-28-34(32,33)20-7-5-4-6-19(20)23/h1,4-7,10-14,24,28H,8-9H2,2H3,(H,25,30)(H,27,31). The number of carbonyl (C=O) groups is 2. The highest BCUT2D eigenvalue weighted by molar-refractivity contribution is 7.89. The lowest BCUT2D eigenvalue weighted by molar-refractivity contribution is -0.115. The van der Waals surface area contributed by atoms with Gasteiger partial charge in [0.05, 0.1) is 23.8 Å². The molecule has 34 heavy (non-hydrogen) atoms. The first kappa shape index (κ1) is 24.4. The molecule has 12 heteroatoms. The van der Waals surface area contributed by atoms with Gasteiger partial charge in [-0.05, 0) is 48.7 Å². The maximum Gasteiger partial charge on any atom is 0.295 e. The summed E-state index contributed by atoms with van der Waals surface area (Å²) >= 11 is 0. The summed E-state index contributed by atoms with van der Waals surface area (Å²) in [5, 5.41) is 9.84. The van der Waals surface area contributed by atoms with Crippen LogP contribution < -0.4 is 20.9 Å². The molecule has 4 N–H and O–H groups in total. The molecule has 3 rings (SSSR count). The van der Waals surface area contributed by atoms with Gasteiger partial charge in [-0.2, -0.15) is 5.10 Å². The predicted molar refractivity (Wildman–Crippen MR) is 123 cm³/mol. The maximum atomic E-state index is 13.8. The molecule has 0 bridgehead atoms. The monoisotopic (exact) mass is 484 g/mol. The van der Waals surface area contributed by atoms with E-state index in [-0.39, 0.29) is 5.56 Å². The van der Waals surface area contributed by atoms with Gasteiger partial charge in [-0.25, -0.2) is 17.5 Å². The van der Waals surface area contributed by atoms with Crippen LogP contribution in [0.25, 0.3) is 5.69 Å². The fourth-order valence-corrected chi connectivity index (χ4v) is 3.84. The predicted octanol–water partition coefficient (Wildman–Crippen LogP) is 1.10. The van der Waals surface area contributed by atoms with Gasteiger partial charge in [-0.15, -0.1) is 11.3 Å². The number of nitrogens with zero attached hydrogens (tertiary/aromatic N) is 2. The summed E-state index contributed by atoms with van der Waals surface area (Å²) < 4.78 is 39.9. The highest BCUT2D eigenvalue weighted by Gasteiger charge is 2.20. The molecule has 0 aliphatic heterocycles. The maximum absolute atomic E-state index is 13.8. The van der Waals surface area contributed by atoms with Crippen LogP contribution >= 0.6 is 0 Å². The third-order valence-corrected chi connectivity index (χ3v) is 5.75. The molecule has 2 aromatic carbocycles. The third-order valence-electron chi connectivity index (χ3n) is 4.47. The topological polar surface area (TPSA) is 134 Å². The molecule has 1 aromatic heterocycles. The van der Waals surface area contributed by atoms with E-state index in [0.29, 0.717) is 24.5 Å². The number of amides is 2. The normalized spacial score (nSPS) is 10.9. The van der Waals surface area contributed by atoms with Crippen molar-refractivity contribution in [3.05, 3.63) is 71.8 Å². The minimum atomic E-state index is -4.30. The highest BCUT2D eigenvalue weighted by Crippen LogP contribution is 2.17. The lowest BCUT2D eigenvalue weighted by Crippen LogP contribution is -2.41. The number of carbonyl (C=O) groups excluding carboxylic acids is 2. The zero-order chi connectivity index (χ0) is 24.7. The van der Waals surface area contributed by atoms with Crippen LogP contribution in [0.2, 0.25) is 0 Å². The van der Waals surface area contributed by atoms with Crippen LogP contribution in [0.3, 0.4) is 0 Å². The van der Waals surface area contributed by atoms with Gasteiger partial charge in [0.2, 0.25) is 0 Å². The lowest BCUT2D eigenvalue weighted by atomic mass is 10.1. The van der Waals surface area contributed by atoms with Crippen LogP contribution in [0.5, 0.6) is 0 Å². The van der Waals surface area contributed by atoms with E-state index >= 15 is 0 Å². The van der Waals surface area contributed by atoms with Crippen molar-refractivity contribution in [2.45, 2.75) is 11.8 Å². The number of rotatable bonds is 9. The number of hydrogen-bond donors (Lipinski definition) is 4. The Labute approximate surface area is 195 Å². The number of anilines is 1. The van der Waals surface area contributed by atoms with Gasteiger partial charge >= 0.3 is 0 Å². The SMILES string of the molecule is C#CC(=O)NCCNc1cnn(-c2cc(C)cc(C(=O)NNS(=O)(=O)c3ccccc3F)c2)c1. The Morgan fingerprint density at radius 1 is 1.18 bits per heavy atom. The first-order valence-corrected chi connectivity index (χ1v) is 11.4. The number of nitrogens with one attached hydrogen (secondary N) is 4. The van der Waals surface area contributed by atoms with Crippen LogP contribution in [0.15, 0.2) is 59.8 Å². The van der Waals surface area contributed by atoms with Gasteiger partial charge in [0, 0.05) is 18.7 Å². The molecule has 0 spiro atoms. The first-order chi connectivity index (χ1) is 16.2. The van der Waals surface area contributed by atoms with Crippen LogP contribution in [-0.2, 0) is 14.8 Å². The van der Waals surface area contributed by atoms with Gasteiger partial charge < -0.3 is 10.6 Å². The molecule has 10 nitrogen and oxygen atoms in total. The fraction of sp³-hybridized carbons (Fsp3) is 0.136. The largest absolute Gasteiger partial charge is 0.381 e. The average Bonchev–Trinajstić information content (AvgIpc) is 3.29. The third kappa shape index (κ3) is 6.18. The number of hydrogen-bond acceptors (Lipinski definition) is 6. The van der Waals surface area contributed by atoms with E-state index in [9.17, 15) is 22.4 Å². The molecule has 176 valence electrons. The molecule has 0 aliphatic rings. The Morgan fingerprint density at radius 2 is 1.94 bits per heavy atom. The van der Waals surface area contributed by atoms with Gasteiger partial charge in [0.15, 0.2) is 0 Å². The summed E-state index contributed by atoms with van der Waals surface area (Å²) in [5.74, 6) is -0.223. The minimum Gasteiger partial charge on any atom is -0.381 e. The molecule has 0 atom stereocenters. The quantitative estimate of drug-likeness (QED) is 0.204. The average molecular weight is 485 g/mol. The van der Waals surface area contributed by atoms with Gasteiger partial charge in [-0.1, -0.05) is 12.1 Å². The molecule has 0 fully saturated rings. The molecule has 0 saturated carbocycles. The summed E-state index contributed by atoms with van der Waals surface area (Å²) in [6, 6.07) is 9.67. The Kier molecular flexibility index (Phi) is 7.62. The summed E-state index contributed by atoms with van der Waals surface area (Å²) in [4.78, 5) is 24.9. The second-order valence-corrected chi connectivity index (χ2v) is 8.70. The Morgan fingerprint density at radius 3 is 2.68 bits per heavy atom. The zero-order valence-corrected chi connectivity index (χ0v) is 18.8. The van der Waals surface area contributed by atoms with E-state index in [2.05, 4.69) is 21.2 Å². The van der Waals surface area contributed by atoms with Crippen LogP contribution in [0, 0.1) is 25.1 Å². The molecule has 2 amide bonds. The summed E-state index contributed by atoms with van der Waals surface area (Å²) in [7, 11) is -4.30. The number of terminal acetylenes is 1. The molecular formula is C22H21FN6O4S. The summed E-state index contributed by atoms with van der Waals surface area (Å²) in [5.41, 5.74) is 4.19. The number of hydrazine groups is 1. The highest BCUT2D eigenvalue weighted by atomic mass is 32.2. The number of sulfonamides is 1. The van der Waals surface area contributed by atoms with Crippen molar-refractivity contribution in [2.75, 3.05) is 18.4 Å². The van der Waals surface area contributed by atoms with Gasteiger partial charge in [0.1, 0.15) is 10.7 Å². The van der Waals surface area contributed by atoms with E-state index in [1.54, 1.807) is 31.5 Å². The van der Waals surface area contributed by atoms with Crippen LogP contribution in [-0.4, -0.2) is 43.1 Å². The Balaban J connectivity index is 1.67. The van der Waals surface area contributed by atoms with E-state index in [0.717, 1.165) is 17.7 Å². The molecular weight excluding hydrogens is 463 g/mol. The van der Waals surface area contributed by atoms with Crippen molar-refractivity contribution >= 4 is 27.5 Å². The smallest absolute Gasteiger partial charge is 0.295 e. The van der Waals surface area contributed by atoms with Crippen molar-refractivity contribution in [2.24, 2.45) is 0 Å². The Bertz CT molecular complexity index is 1360. The van der Waals surface area contributed by atoms with Crippen molar-refractivity contribution in [3.63, 3.8) is 0 Å². The molecule has 0 saturated heterocycles. The number of benzene rings is 2. The van der Waals surface area contributed by atoms with Gasteiger partial charge in [-0.3, -0.25) is 15.0 Å². The minimum absolute atomic E-state index is 0.160. The van der Waals surface area contributed by atoms with Crippen molar-refractivity contribution in [1.82, 2.24) is 25.4 Å². The second-order valence-electron chi connectivity index (χ2n) is 7.05. The van der Waals surface area contributed by atoms with Crippen molar-refractivity contribution < 1.29 is 22.4 Å². The second kappa shape index (κ2) is 10.6. The first-order valence-electron chi connectivity index (χ1n) is 9.91. The van der Waals surface area contributed by atoms with E-state index in [4.69, 9.17) is 6.42 Å². The molecule has 0 unspecified atom stereocenters. The zero-order valence-electron chi connectivity index (χ0n) is 18.0. The molecule has 1 heterocycles. The molecule has 0 radical (unpaired) electrons. The van der Waals surface area contributed by atoms with Crippen LogP contribution in [0.1, 0.15) is 15.9 Å². The molecule has 3 aromatic rings. The van der Waals surface area contributed by atoms with Crippen molar-refractivity contribution in [1.29, 1.82) is 0 Å². The Hall–Kier alpha value is -4.21.